The molecular formula is C19H16ClFN2O5S. The number of carbonyl (C=O) groups is 1. The second-order valence-electron chi connectivity index (χ2n) is 6.00. The summed E-state index contributed by atoms with van der Waals surface area (Å²) in [5.74, 6) is -0.818. The SMILES string of the molecule is O=C(NCC(O)c1ccco1)c1ccc(Cl)c(NS(=O)(=O)c2ccc(F)cc2)c1. The minimum absolute atomic E-state index is 0.0183. The van der Waals surface area contributed by atoms with E-state index >= 15 is 0 Å². The molecule has 1 atom stereocenters. The number of nitrogens with one attached hydrogen (secondary N) is 2. The third-order valence-electron chi connectivity index (χ3n) is 3.92. The van der Waals surface area contributed by atoms with E-state index in [0.717, 1.165) is 24.3 Å². The van der Waals surface area contributed by atoms with E-state index in [1.54, 1.807) is 12.1 Å². The molecule has 0 aliphatic heterocycles. The third kappa shape index (κ3) is 5.14. The number of benzene rings is 2. The van der Waals surface area contributed by atoms with E-state index in [9.17, 15) is 22.7 Å². The molecule has 3 aromatic rings. The summed E-state index contributed by atoms with van der Waals surface area (Å²) in [4.78, 5) is 12.2. The molecule has 1 aromatic heterocycles. The Kier molecular flexibility index (Phi) is 6.21. The number of carbonyl (C=O) groups excluding carboxylic acids is 1. The van der Waals surface area contributed by atoms with Gasteiger partial charge in [0.1, 0.15) is 17.7 Å². The van der Waals surface area contributed by atoms with Gasteiger partial charge in [-0.15, -0.1) is 0 Å². The number of hydrogen-bond acceptors (Lipinski definition) is 5. The first-order valence-corrected chi connectivity index (χ1v) is 10.2. The molecule has 3 N–H and O–H groups in total. The van der Waals surface area contributed by atoms with Crippen LogP contribution < -0.4 is 10.0 Å². The van der Waals surface area contributed by atoms with Crippen LogP contribution in [0.4, 0.5) is 10.1 Å². The molecule has 1 unspecified atom stereocenters. The van der Waals surface area contributed by atoms with Crippen LogP contribution in [0.1, 0.15) is 22.2 Å². The van der Waals surface area contributed by atoms with Crippen LogP contribution >= 0.6 is 11.6 Å². The number of hydrogen-bond donors (Lipinski definition) is 3. The van der Waals surface area contributed by atoms with Crippen LogP contribution in [0.2, 0.25) is 5.02 Å². The number of aliphatic hydroxyl groups is 1. The predicted molar refractivity (Wildman–Crippen MR) is 105 cm³/mol. The van der Waals surface area contributed by atoms with Crippen molar-refractivity contribution < 1.29 is 27.1 Å². The molecule has 0 saturated heterocycles. The van der Waals surface area contributed by atoms with E-state index in [0.29, 0.717) is 5.76 Å². The Morgan fingerprint density at radius 2 is 1.90 bits per heavy atom. The molecule has 3 rings (SSSR count). The molecule has 1 amide bonds. The molecule has 0 radical (unpaired) electrons. The normalized spacial score (nSPS) is 12.4. The maximum absolute atomic E-state index is 13.0. The quantitative estimate of drug-likeness (QED) is 0.524. The molecular weight excluding hydrogens is 423 g/mol. The Hall–Kier alpha value is -2.88. The van der Waals surface area contributed by atoms with Crippen molar-refractivity contribution in [3.8, 4) is 0 Å². The molecule has 2 aromatic carbocycles. The highest BCUT2D eigenvalue weighted by atomic mass is 35.5. The largest absolute Gasteiger partial charge is 0.467 e. The van der Waals surface area contributed by atoms with Gasteiger partial charge in [0, 0.05) is 5.56 Å². The summed E-state index contributed by atoms with van der Waals surface area (Å²) in [7, 11) is -4.04. The van der Waals surface area contributed by atoms with Gasteiger partial charge >= 0.3 is 0 Å². The van der Waals surface area contributed by atoms with Crippen LogP contribution in [-0.4, -0.2) is 26.0 Å². The first-order valence-electron chi connectivity index (χ1n) is 8.34. The van der Waals surface area contributed by atoms with Crippen molar-refractivity contribution in [3.63, 3.8) is 0 Å². The van der Waals surface area contributed by atoms with Crippen LogP contribution in [0.15, 0.2) is 70.2 Å². The first kappa shape index (κ1) is 20.8. The van der Waals surface area contributed by atoms with E-state index in [-0.39, 0.29) is 27.7 Å². The van der Waals surface area contributed by atoms with Gasteiger partial charge in [-0.05, 0) is 54.6 Å². The Morgan fingerprint density at radius 1 is 1.17 bits per heavy atom. The van der Waals surface area contributed by atoms with Crippen molar-refractivity contribution in [2.24, 2.45) is 0 Å². The van der Waals surface area contributed by atoms with E-state index in [1.807, 2.05) is 0 Å². The number of aliphatic hydroxyl groups excluding tert-OH is 1. The van der Waals surface area contributed by atoms with Crippen molar-refractivity contribution in [1.82, 2.24) is 5.32 Å². The lowest BCUT2D eigenvalue weighted by Gasteiger charge is -2.13. The fourth-order valence-electron chi connectivity index (χ4n) is 2.44. The molecule has 29 heavy (non-hydrogen) atoms. The van der Waals surface area contributed by atoms with Crippen LogP contribution in [0.5, 0.6) is 0 Å². The van der Waals surface area contributed by atoms with Crippen LogP contribution in [0, 0.1) is 5.82 Å². The zero-order valence-corrected chi connectivity index (χ0v) is 16.4. The number of sulfonamides is 1. The fraction of sp³-hybridized carbons (Fsp3) is 0.105. The standard InChI is InChI=1S/C19H16ClFN2O5S/c20-15-8-3-12(19(25)22-11-17(24)18-2-1-9-28-18)10-16(15)23-29(26,27)14-6-4-13(21)5-7-14/h1-10,17,23-24H,11H2,(H,22,25). The first-order chi connectivity index (χ1) is 13.8. The predicted octanol–water partition coefficient (Wildman–Crippen LogP) is 3.34. The summed E-state index contributed by atoms with van der Waals surface area (Å²) in [5.41, 5.74) is 0.105. The highest BCUT2D eigenvalue weighted by Crippen LogP contribution is 2.26. The zero-order chi connectivity index (χ0) is 21.0. The summed E-state index contributed by atoms with van der Waals surface area (Å²) in [6.07, 6.45) is 0.372. The second-order valence-corrected chi connectivity index (χ2v) is 8.08. The van der Waals surface area contributed by atoms with Gasteiger partial charge in [0.15, 0.2) is 0 Å². The van der Waals surface area contributed by atoms with Crippen LogP contribution in [0.25, 0.3) is 0 Å². The van der Waals surface area contributed by atoms with Crippen molar-refractivity contribution in [3.05, 3.63) is 83.0 Å². The van der Waals surface area contributed by atoms with Crippen molar-refractivity contribution in [2.75, 3.05) is 11.3 Å². The van der Waals surface area contributed by atoms with Crippen LogP contribution in [-0.2, 0) is 10.0 Å². The number of furan rings is 1. The van der Waals surface area contributed by atoms with Gasteiger partial charge in [-0.2, -0.15) is 0 Å². The van der Waals surface area contributed by atoms with Gasteiger partial charge in [0.25, 0.3) is 15.9 Å². The van der Waals surface area contributed by atoms with Gasteiger partial charge in [0.05, 0.1) is 28.4 Å². The van der Waals surface area contributed by atoms with E-state index < -0.39 is 27.9 Å². The molecule has 0 saturated carbocycles. The van der Waals surface area contributed by atoms with E-state index in [2.05, 4.69) is 10.0 Å². The summed E-state index contributed by atoms with van der Waals surface area (Å²) >= 11 is 6.04. The zero-order valence-electron chi connectivity index (χ0n) is 14.8. The fourth-order valence-corrected chi connectivity index (χ4v) is 3.73. The summed E-state index contributed by atoms with van der Waals surface area (Å²) in [5, 5.41) is 12.5. The van der Waals surface area contributed by atoms with E-state index in [1.165, 1.54) is 24.5 Å². The molecule has 0 aliphatic carbocycles. The van der Waals surface area contributed by atoms with Crippen molar-refractivity contribution in [2.45, 2.75) is 11.0 Å². The lowest BCUT2D eigenvalue weighted by molar-refractivity contribution is 0.0901. The topological polar surface area (TPSA) is 109 Å². The van der Waals surface area contributed by atoms with Gasteiger partial charge in [-0.25, -0.2) is 12.8 Å². The summed E-state index contributed by atoms with van der Waals surface area (Å²) < 4.78 is 45.3. The molecule has 0 aliphatic rings. The van der Waals surface area contributed by atoms with Crippen molar-refractivity contribution >= 4 is 33.2 Å². The Bertz CT molecular complexity index is 1100. The average Bonchev–Trinajstić information content (AvgIpc) is 3.22. The molecule has 10 heteroatoms. The molecule has 0 spiro atoms. The number of halogens is 2. The molecule has 152 valence electrons. The Balaban J connectivity index is 1.73. The van der Waals surface area contributed by atoms with Gasteiger partial charge in [0.2, 0.25) is 0 Å². The third-order valence-corrected chi connectivity index (χ3v) is 5.64. The monoisotopic (exact) mass is 438 g/mol. The lowest BCUT2D eigenvalue weighted by Crippen LogP contribution is -2.28. The van der Waals surface area contributed by atoms with Gasteiger partial charge in [-0.1, -0.05) is 11.6 Å². The molecule has 1 heterocycles. The summed E-state index contributed by atoms with van der Waals surface area (Å²) in [6.45, 7) is -0.106. The van der Waals surface area contributed by atoms with E-state index in [4.69, 9.17) is 16.0 Å². The lowest BCUT2D eigenvalue weighted by atomic mass is 10.2. The average molecular weight is 439 g/mol. The van der Waals surface area contributed by atoms with Gasteiger partial charge in [-0.3, -0.25) is 9.52 Å². The smallest absolute Gasteiger partial charge is 0.261 e. The maximum atomic E-state index is 13.0. The highest BCUT2D eigenvalue weighted by Gasteiger charge is 2.18. The Labute approximate surface area is 171 Å². The number of anilines is 1. The highest BCUT2D eigenvalue weighted by molar-refractivity contribution is 7.92. The number of amides is 1. The minimum atomic E-state index is -4.04. The Morgan fingerprint density at radius 3 is 2.55 bits per heavy atom. The van der Waals surface area contributed by atoms with Crippen LogP contribution in [0.3, 0.4) is 0 Å². The van der Waals surface area contributed by atoms with Gasteiger partial charge < -0.3 is 14.8 Å². The second kappa shape index (κ2) is 8.64. The summed E-state index contributed by atoms with van der Waals surface area (Å²) in [6, 6.07) is 11.5. The molecule has 0 bridgehead atoms. The minimum Gasteiger partial charge on any atom is -0.467 e. The number of rotatable bonds is 7. The maximum Gasteiger partial charge on any atom is 0.261 e. The molecule has 0 fully saturated rings. The van der Waals surface area contributed by atoms with Crippen molar-refractivity contribution in [1.29, 1.82) is 0 Å². The molecule has 7 nitrogen and oxygen atoms in total.